The van der Waals surface area contributed by atoms with Crippen LogP contribution in [0.2, 0.25) is 0 Å². The van der Waals surface area contributed by atoms with Crippen molar-refractivity contribution in [1.82, 2.24) is 19.9 Å². The fraction of sp³-hybridized carbons (Fsp3) is 0.333. The zero-order valence-corrected chi connectivity index (χ0v) is 11.2. The van der Waals surface area contributed by atoms with Crippen LogP contribution >= 0.6 is 0 Å². The highest BCUT2D eigenvalue weighted by atomic mass is 16.5. The van der Waals surface area contributed by atoms with Crippen molar-refractivity contribution in [2.75, 3.05) is 11.9 Å². The van der Waals surface area contributed by atoms with E-state index >= 15 is 0 Å². The Morgan fingerprint density at radius 3 is 2.95 bits per heavy atom. The molecule has 2 amide bonds. The summed E-state index contributed by atoms with van der Waals surface area (Å²) in [6.07, 6.45) is 1.72. The molecule has 0 aliphatic heterocycles. The van der Waals surface area contributed by atoms with Gasteiger partial charge < -0.3 is 10.1 Å². The van der Waals surface area contributed by atoms with Gasteiger partial charge in [-0.2, -0.15) is 0 Å². The van der Waals surface area contributed by atoms with Gasteiger partial charge in [-0.25, -0.2) is 9.59 Å². The molecule has 0 bridgehead atoms. The number of carbonyl (C=O) groups is 2. The molecule has 1 atom stereocenters. The quantitative estimate of drug-likeness (QED) is 0.806. The Hall–Kier alpha value is -2.64. The molecule has 8 nitrogen and oxygen atoms in total. The zero-order valence-electron chi connectivity index (χ0n) is 11.2. The fourth-order valence-corrected chi connectivity index (χ4v) is 1.59. The van der Waals surface area contributed by atoms with Crippen LogP contribution in [0.1, 0.15) is 13.8 Å². The molecule has 2 N–H and O–H groups in total. The summed E-state index contributed by atoms with van der Waals surface area (Å²) in [5, 5.41) is 12.7. The summed E-state index contributed by atoms with van der Waals surface area (Å²) in [6, 6.07) is 4.08. The van der Waals surface area contributed by atoms with E-state index in [4.69, 9.17) is 4.74 Å². The van der Waals surface area contributed by atoms with E-state index in [2.05, 4.69) is 20.8 Å². The van der Waals surface area contributed by atoms with E-state index in [0.29, 0.717) is 5.65 Å². The van der Waals surface area contributed by atoms with E-state index < -0.39 is 18.0 Å². The zero-order chi connectivity index (χ0) is 14.5. The maximum absolute atomic E-state index is 11.8. The van der Waals surface area contributed by atoms with Crippen molar-refractivity contribution in [2.45, 2.75) is 19.9 Å². The average molecular weight is 277 g/mol. The number of hydrogen-bond donors (Lipinski definition) is 2. The first-order chi connectivity index (χ1) is 9.61. The van der Waals surface area contributed by atoms with Crippen molar-refractivity contribution in [2.24, 2.45) is 0 Å². The Labute approximate surface area is 115 Å². The Morgan fingerprint density at radius 2 is 2.20 bits per heavy atom. The third kappa shape index (κ3) is 3.02. The van der Waals surface area contributed by atoms with E-state index in [-0.39, 0.29) is 12.6 Å². The molecule has 0 spiro atoms. The number of nitrogens with one attached hydrogen (secondary N) is 2. The van der Waals surface area contributed by atoms with Crippen LogP contribution in [0.25, 0.3) is 5.65 Å². The lowest BCUT2D eigenvalue weighted by Gasteiger charge is -2.12. The van der Waals surface area contributed by atoms with Crippen LogP contribution in [-0.2, 0) is 9.53 Å². The molecular weight excluding hydrogens is 262 g/mol. The highest BCUT2D eigenvalue weighted by Gasteiger charge is 2.17. The molecule has 2 rings (SSSR count). The van der Waals surface area contributed by atoms with Crippen molar-refractivity contribution in [3.05, 3.63) is 24.4 Å². The Morgan fingerprint density at radius 1 is 1.40 bits per heavy atom. The summed E-state index contributed by atoms with van der Waals surface area (Å²) in [5.74, 6) is -0.220. The minimum atomic E-state index is -0.742. The monoisotopic (exact) mass is 277 g/mol. The van der Waals surface area contributed by atoms with Crippen LogP contribution in [-0.4, -0.2) is 39.2 Å². The molecule has 0 saturated heterocycles. The van der Waals surface area contributed by atoms with Gasteiger partial charge in [-0.05, 0) is 26.0 Å². The molecular formula is C12H15N5O3. The smallest absolute Gasteiger partial charge is 0.328 e. The third-order valence-electron chi connectivity index (χ3n) is 2.53. The lowest BCUT2D eigenvalue weighted by molar-refractivity contribution is -0.144. The second-order valence-corrected chi connectivity index (χ2v) is 4.02. The van der Waals surface area contributed by atoms with Gasteiger partial charge in [-0.1, -0.05) is 6.07 Å². The van der Waals surface area contributed by atoms with Gasteiger partial charge in [0.25, 0.3) is 0 Å². The molecule has 2 aromatic heterocycles. The van der Waals surface area contributed by atoms with E-state index in [9.17, 15) is 9.59 Å². The number of hydrogen-bond acceptors (Lipinski definition) is 5. The van der Waals surface area contributed by atoms with Gasteiger partial charge in [0, 0.05) is 6.20 Å². The first-order valence-electron chi connectivity index (χ1n) is 6.15. The number of pyridine rings is 1. The number of esters is 1. The molecule has 8 heteroatoms. The molecule has 2 aromatic rings. The highest BCUT2D eigenvalue weighted by molar-refractivity contribution is 5.91. The Balaban J connectivity index is 1.99. The number of rotatable bonds is 4. The van der Waals surface area contributed by atoms with Gasteiger partial charge in [0.1, 0.15) is 6.04 Å². The molecule has 2 heterocycles. The maximum Gasteiger partial charge on any atom is 0.328 e. The van der Waals surface area contributed by atoms with Gasteiger partial charge in [-0.3, -0.25) is 9.72 Å². The van der Waals surface area contributed by atoms with Crippen LogP contribution < -0.4 is 10.6 Å². The minimum absolute atomic E-state index is 0.265. The van der Waals surface area contributed by atoms with E-state index in [1.807, 2.05) is 6.07 Å². The SMILES string of the molecule is CCOC(=O)C(C)NC(=O)Nc1nnc2ccccn12. The fourth-order valence-electron chi connectivity index (χ4n) is 1.59. The first kappa shape index (κ1) is 13.8. The van der Waals surface area contributed by atoms with Crippen molar-refractivity contribution in [1.29, 1.82) is 0 Å². The summed E-state index contributed by atoms with van der Waals surface area (Å²) in [6.45, 7) is 3.51. The van der Waals surface area contributed by atoms with Gasteiger partial charge in [-0.15, -0.1) is 10.2 Å². The lowest BCUT2D eigenvalue weighted by Crippen LogP contribution is -2.42. The van der Waals surface area contributed by atoms with Crippen LogP contribution in [0, 0.1) is 0 Å². The number of ether oxygens (including phenoxy) is 1. The second kappa shape index (κ2) is 6.00. The molecule has 20 heavy (non-hydrogen) atoms. The second-order valence-electron chi connectivity index (χ2n) is 4.02. The van der Waals surface area contributed by atoms with Crippen LogP contribution in [0.4, 0.5) is 10.7 Å². The number of urea groups is 1. The molecule has 106 valence electrons. The minimum Gasteiger partial charge on any atom is -0.464 e. The number of aromatic nitrogens is 3. The average Bonchev–Trinajstić information content (AvgIpc) is 2.82. The predicted octanol–water partition coefficient (Wildman–Crippen LogP) is 0.802. The Bertz CT molecular complexity index is 624. The molecule has 0 fully saturated rings. The summed E-state index contributed by atoms with van der Waals surface area (Å²) < 4.78 is 6.42. The first-order valence-corrected chi connectivity index (χ1v) is 6.15. The molecule has 0 radical (unpaired) electrons. The topological polar surface area (TPSA) is 97.6 Å². The van der Waals surface area contributed by atoms with E-state index in [1.165, 1.54) is 0 Å². The molecule has 0 aliphatic rings. The molecule has 0 saturated carbocycles. The summed E-state index contributed by atoms with van der Waals surface area (Å²) in [7, 11) is 0. The standard InChI is InChI=1S/C12H15N5O3/c1-3-20-10(18)8(2)13-12(19)14-11-16-15-9-6-4-5-7-17(9)11/h4-8H,3H2,1-2H3,(H2,13,14,16,19). The maximum atomic E-state index is 11.8. The third-order valence-corrected chi connectivity index (χ3v) is 2.53. The van der Waals surface area contributed by atoms with Gasteiger partial charge >= 0.3 is 12.0 Å². The van der Waals surface area contributed by atoms with E-state index in [0.717, 1.165) is 0 Å². The largest absolute Gasteiger partial charge is 0.464 e. The number of amides is 2. The van der Waals surface area contributed by atoms with Gasteiger partial charge in [0.15, 0.2) is 5.65 Å². The number of carbonyl (C=O) groups excluding carboxylic acids is 2. The van der Waals surface area contributed by atoms with Crippen molar-refractivity contribution >= 4 is 23.6 Å². The highest BCUT2D eigenvalue weighted by Crippen LogP contribution is 2.06. The van der Waals surface area contributed by atoms with Crippen molar-refractivity contribution < 1.29 is 14.3 Å². The molecule has 0 aliphatic carbocycles. The molecule has 1 unspecified atom stereocenters. The summed E-state index contributed by atoms with van der Waals surface area (Å²) in [5.41, 5.74) is 0.612. The number of anilines is 1. The van der Waals surface area contributed by atoms with Crippen LogP contribution in [0.5, 0.6) is 0 Å². The van der Waals surface area contributed by atoms with Crippen molar-refractivity contribution in [3.8, 4) is 0 Å². The summed E-state index contributed by atoms with van der Waals surface area (Å²) in [4.78, 5) is 23.2. The predicted molar refractivity (Wildman–Crippen MR) is 71.2 cm³/mol. The Kier molecular flexibility index (Phi) is 4.14. The summed E-state index contributed by atoms with van der Waals surface area (Å²) >= 11 is 0. The number of fused-ring (bicyclic) bond motifs is 1. The van der Waals surface area contributed by atoms with Crippen LogP contribution in [0.3, 0.4) is 0 Å². The molecule has 0 aromatic carbocycles. The van der Waals surface area contributed by atoms with Crippen molar-refractivity contribution in [3.63, 3.8) is 0 Å². The van der Waals surface area contributed by atoms with Crippen LogP contribution in [0.15, 0.2) is 24.4 Å². The normalized spacial score (nSPS) is 11.9. The van der Waals surface area contributed by atoms with Gasteiger partial charge in [0.05, 0.1) is 6.61 Å². The number of nitrogens with zero attached hydrogens (tertiary/aromatic N) is 3. The lowest BCUT2D eigenvalue weighted by atomic mass is 10.3. The van der Waals surface area contributed by atoms with Gasteiger partial charge in [0.2, 0.25) is 5.95 Å². The van der Waals surface area contributed by atoms with E-state index in [1.54, 1.807) is 36.6 Å².